The number of carboxylic acid groups (broad SMARTS) is 1. The molecule has 27 heavy (non-hydrogen) atoms. The minimum atomic E-state index is -1.13. The summed E-state index contributed by atoms with van der Waals surface area (Å²) in [5, 5.41) is 10.9. The highest BCUT2D eigenvalue weighted by molar-refractivity contribution is 5.85. The molecule has 1 aromatic heterocycles. The molecule has 0 aliphatic carbocycles. The Bertz CT molecular complexity index is 689. The second kappa shape index (κ2) is 11.6. The molecule has 0 atom stereocenters. The Morgan fingerprint density at radius 1 is 0.963 bits per heavy atom. The van der Waals surface area contributed by atoms with E-state index in [4.69, 9.17) is 0 Å². The molecule has 1 aromatic carbocycles. The van der Waals surface area contributed by atoms with Crippen molar-refractivity contribution in [2.24, 2.45) is 7.05 Å². The lowest BCUT2D eigenvalue weighted by molar-refractivity contribution is -0.678. The first-order chi connectivity index (χ1) is 13.1. The summed E-state index contributed by atoms with van der Waals surface area (Å²) >= 11 is 0. The number of hydrogen-bond donors (Lipinski definition) is 0. The fraction of sp³-hybridized carbons (Fsp3) is 0.565. The fourth-order valence-corrected chi connectivity index (χ4v) is 3.56. The largest absolute Gasteiger partial charge is 0.545 e. The van der Waals surface area contributed by atoms with Crippen LogP contribution in [0, 0.1) is 0 Å². The highest BCUT2D eigenvalue weighted by Crippen LogP contribution is 2.12. The van der Waals surface area contributed by atoms with E-state index < -0.39 is 5.97 Å². The third kappa shape index (κ3) is 7.20. The Labute approximate surface area is 163 Å². The molecule has 148 valence electrons. The summed E-state index contributed by atoms with van der Waals surface area (Å²) in [6.45, 7) is 3.03. The molecule has 1 heterocycles. The number of carbonyl (C=O) groups is 1. The molecule has 0 aliphatic heterocycles. The first-order valence-electron chi connectivity index (χ1n) is 10.5. The molecule has 0 amide bonds. The topological polar surface area (TPSA) is 48.9 Å². The van der Waals surface area contributed by atoms with Gasteiger partial charge in [0.05, 0.1) is 13.0 Å². The molecule has 4 nitrogen and oxygen atoms in total. The van der Waals surface area contributed by atoms with Crippen molar-refractivity contribution in [1.82, 2.24) is 4.57 Å². The Hall–Kier alpha value is -2.10. The van der Waals surface area contributed by atoms with Crippen LogP contribution >= 0.6 is 0 Å². The molecule has 0 bridgehead atoms. The van der Waals surface area contributed by atoms with Crippen molar-refractivity contribution in [3.05, 3.63) is 53.6 Å². The van der Waals surface area contributed by atoms with Crippen molar-refractivity contribution in [3.8, 4) is 0 Å². The van der Waals surface area contributed by atoms with E-state index in [9.17, 15) is 9.90 Å². The van der Waals surface area contributed by atoms with Gasteiger partial charge in [0.2, 0.25) is 0 Å². The van der Waals surface area contributed by atoms with E-state index >= 15 is 0 Å². The fourth-order valence-electron chi connectivity index (χ4n) is 3.56. The second-order valence-electron chi connectivity index (χ2n) is 7.52. The van der Waals surface area contributed by atoms with Gasteiger partial charge in [-0.2, -0.15) is 0 Å². The van der Waals surface area contributed by atoms with Crippen LogP contribution in [0.1, 0.15) is 86.5 Å². The number of carbonyl (C=O) groups excluding carboxylic acids is 1. The number of carboxylic acids is 1. The lowest BCUT2D eigenvalue weighted by Crippen LogP contribution is -2.32. The molecular weight excluding hydrogens is 336 g/mol. The number of aromatic nitrogens is 2. The van der Waals surface area contributed by atoms with Gasteiger partial charge in [-0.25, -0.2) is 9.13 Å². The molecule has 0 N–H and O–H groups in total. The first kappa shape index (κ1) is 21.2. The van der Waals surface area contributed by atoms with E-state index in [-0.39, 0.29) is 5.56 Å². The maximum atomic E-state index is 10.9. The first-order valence-corrected chi connectivity index (χ1v) is 10.5. The molecule has 4 heteroatoms. The quantitative estimate of drug-likeness (QED) is 0.398. The van der Waals surface area contributed by atoms with Gasteiger partial charge in [0, 0.05) is 6.42 Å². The van der Waals surface area contributed by atoms with E-state index in [0.717, 1.165) is 18.5 Å². The average Bonchev–Trinajstić information content (AvgIpc) is 3.00. The molecular formula is C23H34N2O2. The van der Waals surface area contributed by atoms with Gasteiger partial charge in [0.25, 0.3) is 5.82 Å². The molecule has 0 aliphatic rings. The van der Waals surface area contributed by atoms with Crippen LogP contribution in [-0.2, 0) is 20.0 Å². The van der Waals surface area contributed by atoms with Crippen LogP contribution in [0.4, 0.5) is 0 Å². The van der Waals surface area contributed by atoms with E-state index in [1.54, 1.807) is 12.1 Å². The van der Waals surface area contributed by atoms with Gasteiger partial charge >= 0.3 is 0 Å². The minimum Gasteiger partial charge on any atom is -0.545 e. The van der Waals surface area contributed by atoms with Gasteiger partial charge in [-0.3, -0.25) is 0 Å². The minimum absolute atomic E-state index is 0.228. The lowest BCUT2D eigenvalue weighted by Gasteiger charge is -2.06. The number of benzene rings is 1. The predicted molar refractivity (Wildman–Crippen MR) is 106 cm³/mol. The summed E-state index contributed by atoms with van der Waals surface area (Å²) < 4.78 is 4.46. The van der Waals surface area contributed by atoms with Crippen LogP contribution in [0.3, 0.4) is 0 Å². The van der Waals surface area contributed by atoms with Crippen LogP contribution in [0.25, 0.3) is 0 Å². The van der Waals surface area contributed by atoms with E-state index in [2.05, 4.69) is 35.5 Å². The van der Waals surface area contributed by atoms with Gasteiger partial charge in [0.15, 0.2) is 0 Å². The Kier molecular flexibility index (Phi) is 9.09. The van der Waals surface area contributed by atoms with Gasteiger partial charge in [-0.1, -0.05) is 82.6 Å². The number of unbranched alkanes of at least 4 members (excludes halogenated alkanes) is 8. The molecule has 0 saturated carbocycles. The number of rotatable bonds is 13. The van der Waals surface area contributed by atoms with Crippen LogP contribution < -0.4 is 9.67 Å². The van der Waals surface area contributed by atoms with Crippen LogP contribution in [0.5, 0.6) is 0 Å². The molecule has 2 aromatic rings. The Balaban J connectivity index is 1.76. The molecule has 2 rings (SSSR count). The molecule has 0 radical (unpaired) electrons. The summed E-state index contributed by atoms with van der Waals surface area (Å²) in [7, 11) is 2.10. The molecule has 0 spiro atoms. The summed E-state index contributed by atoms with van der Waals surface area (Å²) in [6.07, 6.45) is 17.3. The van der Waals surface area contributed by atoms with Gasteiger partial charge < -0.3 is 9.90 Å². The smallest absolute Gasteiger partial charge is 0.256 e. The summed E-state index contributed by atoms with van der Waals surface area (Å²) in [6, 6.07) is 6.98. The maximum Gasteiger partial charge on any atom is 0.256 e. The standard InChI is InChI=1S/C23H34N2O2/c1-3-4-5-6-7-8-9-10-11-12-22-24(2)17-18-25(22)19-20-13-15-21(16-14-20)23(26)27/h13-18H,3-12,19H2,1-2H3. The van der Waals surface area contributed by atoms with E-state index in [1.165, 1.54) is 63.6 Å². The molecule has 0 unspecified atom stereocenters. The lowest BCUT2D eigenvalue weighted by atomic mass is 10.1. The zero-order valence-electron chi connectivity index (χ0n) is 17.0. The van der Waals surface area contributed by atoms with Crippen molar-refractivity contribution in [1.29, 1.82) is 0 Å². The highest BCUT2D eigenvalue weighted by atomic mass is 16.4. The molecule has 0 fully saturated rings. The number of imidazole rings is 1. The van der Waals surface area contributed by atoms with E-state index in [1.807, 2.05) is 12.1 Å². The Morgan fingerprint density at radius 2 is 1.56 bits per heavy atom. The van der Waals surface area contributed by atoms with Gasteiger partial charge in [-0.15, -0.1) is 0 Å². The van der Waals surface area contributed by atoms with Crippen LogP contribution in [-0.4, -0.2) is 10.5 Å². The second-order valence-corrected chi connectivity index (χ2v) is 7.52. The van der Waals surface area contributed by atoms with Crippen LogP contribution in [0.15, 0.2) is 36.7 Å². The van der Waals surface area contributed by atoms with Crippen molar-refractivity contribution >= 4 is 5.97 Å². The van der Waals surface area contributed by atoms with E-state index in [0.29, 0.717) is 0 Å². The zero-order chi connectivity index (χ0) is 19.5. The summed E-state index contributed by atoms with van der Waals surface area (Å²) in [4.78, 5) is 10.9. The summed E-state index contributed by atoms with van der Waals surface area (Å²) in [5.74, 6) is 0.196. The third-order valence-corrected chi connectivity index (χ3v) is 5.26. The summed E-state index contributed by atoms with van der Waals surface area (Å²) in [5.41, 5.74) is 1.33. The molecule has 0 saturated heterocycles. The highest BCUT2D eigenvalue weighted by Gasteiger charge is 2.14. The number of aryl methyl sites for hydroxylation is 1. The van der Waals surface area contributed by atoms with Gasteiger partial charge in [0.1, 0.15) is 18.9 Å². The number of hydrogen-bond acceptors (Lipinski definition) is 2. The zero-order valence-corrected chi connectivity index (χ0v) is 17.0. The van der Waals surface area contributed by atoms with Gasteiger partial charge in [-0.05, 0) is 17.5 Å². The normalized spacial score (nSPS) is 11.0. The Morgan fingerprint density at radius 3 is 2.15 bits per heavy atom. The average molecular weight is 371 g/mol. The number of nitrogens with zero attached hydrogens (tertiary/aromatic N) is 2. The predicted octanol–water partition coefficient (Wildman–Crippen LogP) is 3.80. The maximum absolute atomic E-state index is 10.9. The van der Waals surface area contributed by atoms with Crippen molar-refractivity contribution in [2.45, 2.75) is 77.7 Å². The third-order valence-electron chi connectivity index (χ3n) is 5.26. The van der Waals surface area contributed by atoms with Crippen molar-refractivity contribution < 1.29 is 14.5 Å². The van der Waals surface area contributed by atoms with Crippen LogP contribution in [0.2, 0.25) is 0 Å². The van der Waals surface area contributed by atoms with Crippen molar-refractivity contribution in [2.75, 3.05) is 0 Å². The monoisotopic (exact) mass is 370 g/mol. The number of aromatic carboxylic acids is 1. The SMILES string of the molecule is CCCCCCCCCCCc1n(Cc2ccc(C(=O)[O-])cc2)cc[n+]1C. The van der Waals surface area contributed by atoms with Crippen molar-refractivity contribution in [3.63, 3.8) is 0 Å².